The number of hydrogen-bond acceptors (Lipinski definition) is 1. The van der Waals surface area contributed by atoms with E-state index in [-0.39, 0.29) is 5.54 Å². The van der Waals surface area contributed by atoms with Crippen LogP contribution in [0.2, 0.25) is 5.02 Å². The SMILES string of the molecule is CC1(c2ccc(C(F)(F)F)cc2)CCCCN1c1ccc(Cl)cc1. The van der Waals surface area contributed by atoms with Gasteiger partial charge in [0.25, 0.3) is 0 Å². The third-order valence-corrected chi connectivity index (χ3v) is 5.12. The Morgan fingerprint density at radius 2 is 1.58 bits per heavy atom. The summed E-state index contributed by atoms with van der Waals surface area (Å²) in [6.07, 6.45) is -1.27. The Hall–Kier alpha value is -1.68. The minimum Gasteiger partial charge on any atom is -0.362 e. The summed E-state index contributed by atoms with van der Waals surface area (Å²) in [6.45, 7) is 2.97. The van der Waals surface area contributed by atoms with E-state index in [0.29, 0.717) is 5.02 Å². The van der Waals surface area contributed by atoms with Crippen LogP contribution in [0.25, 0.3) is 0 Å². The van der Waals surface area contributed by atoms with Crippen LogP contribution in [0, 0.1) is 0 Å². The molecular weight excluding hydrogens is 335 g/mol. The zero-order valence-electron chi connectivity index (χ0n) is 13.4. The van der Waals surface area contributed by atoms with Gasteiger partial charge in [0.1, 0.15) is 0 Å². The molecule has 0 aliphatic carbocycles. The van der Waals surface area contributed by atoms with E-state index >= 15 is 0 Å². The Labute approximate surface area is 145 Å². The smallest absolute Gasteiger partial charge is 0.362 e. The summed E-state index contributed by atoms with van der Waals surface area (Å²) in [4.78, 5) is 2.27. The Morgan fingerprint density at radius 3 is 2.17 bits per heavy atom. The summed E-state index contributed by atoms with van der Waals surface area (Å²) in [5, 5.41) is 0.673. The molecule has 1 heterocycles. The van der Waals surface area contributed by atoms with Crippen molar-refractivity contribution in [2.24, 2.45) is 0 Å². The van der Waals surface area contributed by atoms with Gasteiger partial charge in [-0.25, -0.2) is 0 Å². The first-order valence-corrected chi connectivity index (χ1v) is 8.39. The Morgan fingerprint density at radius 1 is 0.958 bits per heavy atom. The van der Waals surface area contributed by atoms with Crippen LogP contribution in [-0.2, 0) is 11.7 Å². The second-order valence-electron chi connectivity index (χ2n) is 6.43. The first-order valence-electron chi connectivity index (χ1n) is 8.02. The summed E-state index contributed by atoms with van der Waals surface area (Å²) < 4.78 is 38.4. The van der Waals surface area contributed by atoms with Crippen molar-refractivity contribution < 1.29 is 13.2 Å². The lowest BCUT2D eigenvalue weighted by Gasteiger charge is -2.47. The Bertz CT molecular complexity index is 694. The predicted molar refractivity (Wildman–Crippen MR) is 91.4 cm³/mol. The van der Waals surface area contributed by atoms with Crippen LogP contribution >= 0.6 is 11.6 Å². The summed E-state index contributed by atoms with van der Waals surface area (Å²) >= 11 is 5.97. The average Bonchev–Trinajstić information content (AvgIpc) is 2.56. The molecule has 5 heteroatoms. The van der Waals surface area contributed by atoms with E-state index in [4.69, 9.17) is 11.6 Å². The first-order chi connectivity index (χ1) is 11.3. The highest BCUT2D eigenvalue weighted by molar-refractivity contribution is 6.30. The van der Waals surface area contributed by atoms with Crippen molar-refractivity contribution in [2.45, 2.75) is 37.9 Å². The number of hydrogen-bond donors (Lipinski definition) is 0. The normalized spacial score (nSPS) is 21.8. The van der Waals surface area contributed by atoms with Crippen molar-refractivity contribution in [3.8, 4) is 0 Å². The summed E-state index contributed by atoms with van der Waals surface area (Å²) in [5.41, 5.74) is 1.02. The van der Waals surface area contributed by atoms with Crippen molar-refractivity contribution >= 4 is 17.3 Å². The average molecular weight is 354 g/mol. The summed E-state index contributed by atoms with van der Waals surface area (Å²) in [5.74, 6) is 0. The van der Waals surface area contributed by atoms with Crippen molar-refractivity contribution in [2.75, 3.05) is 11.4 Å². The fraction of sp³-hybridized carbons (Fsp3) is 0.368. The van der Waals surface area contributed by atoms with Gasteiger partial charge < -0.3 is 4.90 Å². The Kier molecular flexibility index (Phi) is 4.52. The number of alkyl halides is 3. The maximum Gasteiger partial charge on any atom is 0.416 e. The van der Waals surface area contributed by atoms with Crippen LogP contribution in [0.15, 0.2) is 48.5 Å². The molecule has 0 N–H and O–H groups in total. The summed E-state index contributed by atoms with van der Waals surface area (Å²) in [7, 11) is 0. The fourth-order valence-corrected chi connectivity index (χ4v) is 3.60. The van der Waals surface area contributed by atoms with Gasteiger partial charge in [-0.15, -0.1) is 0 Å². The molecule has 0 aromatic heterocycles. The first kappa shape index (κ1) is 17.2. The van der Waals surface area contributed by atoms with Crippen LogP contribution in [0.5, 0.6) is 0 Å². The lowest BCUT2D eigenvalue weighted by atomic mass is 9.81. The molecule has 24 heavy (non-hydrogen) atoms. The van der Waals surface area contributed by atoms with Gasteiger partial charge in [0, 0.05) is 17.3 Å². The van der Waals surface area contributed by atoms with Crippen LogP contribution in [0.4, 0.5) is 18.9 Å². The molecular formula is C19H19ClF3N. The highest BCUT2D eigenvalue weighted by Gasteiger charge is 2.37. The molecule has 0 radical (unpaired) electrons. The molecule has 1 unspecified atom stereocenters. The molecule has 2 aromatic carbocycles. The molecule has 3 rings (SSSR count). The molecule has 0 bridgehead atoms. The number of anilines is 1. The van der Waals surface area contributed by atoms with Crippen molar-refractivity contribution in [3.05, 3.63) is 64.7 Å². The minimum absolute atomic E-state index is 0.323. The topological polar surface area (TPSA) is 3.24 Å². The monoisotopic (exact) mass is 353 g/mol. The van der Waals surface area contributed by atoms with Crippen LogP contribution in [0.3, 0.4) is 0 Å². The van der Waals surface area contributed by atoms with Gasteiger partial charge in [0.05, 0.1) is 11.1 Å². The molecule has 0 amide bonds. The third kappa shape index (κ3) is 3.25. The number of rotatable bonds is 2. The maximum absolute atomic E-state index is 12.8. The van der Waals surface area contributed by atoms with Gasteiger partial charge in [-0.1, -0.05) is 23.7 Å². The number of nitrogens with zero attached hydrogens (tertiary/aromatic N) is 1. The van der Waals surface area contributed by atoms with Gasteiger partial charge in [-0.05, 0) is 68.1 Å². The molecule has 1 aliphatic heterocycles. The standard InChI is InChI=1S/C19H19ClF3N/c1-18(14-4-6-15(7-5-14)19(21,22)23)12-2-3-13-24(18)17-10-8-16(20)9-11-17/h4-11H,2-3,12-13H2,1H3. The molecule has 0 spiro atoms. The van der Waals surface area contributed by atoms with Gasteiger partial charge in [-0.2, -0.15) is 13.2 Å². The van der Waals surface area contributed by atoms with Crippen LogP contribution < -0.4 is 4.90 Å². The van der Waals surface area contributed by atoms with Gasteiger partial charge in [-0.3, -0.25) is 0 Å². The number of halogens is 4. The summed E-state index contributed by atoms with van der Waals surface area (Å²) in [6, 6.07) is 13.2. The zero-order valence-corrected chi connectivity index (χ0v) is 14.2. The van der Waals surface area contributed by atoms with Gasteiger partial charge in [0.2, 0.25) is 0 Å². The van der Waals surface area contributed by atoms with Crippen molar-refractivity contribution in [1.29, 1.82) is 0 Å². The molecule has 1 saturated heterocycles. The molecule has 1 aliphatic rings. The number of benzene rings is 2. The van der Waals surface area contributed by atoms with Crippen LogP contribution in [-0.4, -0.2) is 6.54 Å². The van der Waals surface area contributed by atoms with Crippen LogP contribution in [0.1, 0.15) is 37.3 Å². The molecule has 1 nitrogen and oxygen atoms in total. The second-order valence-corrected chi connectivity index (χ2v) is 6.87. The van der Waals surface area contributed by atoms with E-state index in [2.05, 4.69) is 11.8 Å². The van der Waals surface area contributed by atoms with Crippen molar-refractivity contribution in [3.63, 3.8) is 0 Å². The largest absolute Gasteiger partial charge is 0.416 e. The van der Waals surface area contributed by atoms with E-state index in [1.165, 1.54) is 12.1 Å². The van der Waals surface area contributed by atoms with Crippen molar-refractivity contribution in [1.82, 2.24) is 0 Å². The van der Waals surface area contributed by atoms with E-state index in [0.717, 1.165) is 37.1 Å². The quantitative estimate of drug-likeness (QED) is 0.615. The van der Waals surface area contributed by atoms with Gasteiger partial charge >= 0.3 is 6.18 Å². The minimum atomic E-state index is -4.30. The van der Waals surface area contributed by atoms with Gasteiger partial charge in [0.15, 0.2) is 0 Å². The van der Waals surface area contributed by atoms with E-state index in [9.17, 15) is 13.2 Å². The fourth-order valence-electron chi connectivity index (χ4n) is 3.47. The Balaban J connectivity index is 1.97. The third-order valence-electron chi connectivity index (χ3n) is 4.86. The highest BCUT2D eigenvalue weighted by atomic mass is 35.5. The van der Waals surface area contributed by atoms with E-state index < -0.39 is 11.7 Å². The molecule has 2 aromatic rings. The molecule has 1 fully saturated rings. The second kappa shape index (κ2) is 6.32. The maximum atomic E-state index is 12.8. The lowest BCUT2D eigenvalue weighted by molar-refractivity contribution is -0.137. The zero-order chi connectivity index (χ0) is 17.4. The molecule has 0 saturated carbocycles. The van der Waals surface area contributed by atoms with E-state index in [1.807, 2.05) is 24.3 Å². The van der Waals surface area contributed by atoms with E-state index in [1.54, 1.807) is 12.1 Å². The predicted octanol–water partition coefficient (Wildman–Crippen LogP) is 6.26. The molecule has 128 valence electrons. The molecule has 1 atom stereocenters. The number of piperidine rings is 1. The highest BCUT2D eigenvalue weighted by Crippen LogP contribution is 2.41. The lowest BCUT2D eigenvalue weighted by Crippen LogP contribution is -2.47.